The Morgan fingerprint density at radius 2 is 2.26 bits per heavy atom. The largest absolute Gasteiger partial charge is 0.360 e. The zero-order chi connectivity index (χ0) is 14.0. The van der Waals surface area contributed by atoms with Crippen LogP contribution in [0.4, 0.5) is 4.39 Å². The van der Waals surface area contributed by atoms with E-state index in [2.05, 4.69) is 23.7 Å². The lowest BCUT2D eigenvalue weighted by molar-refractivity contribution is 0.256. The summed E-state index contributed by atoms with van der Waals surface area (Å²) < 4.78 is 14.1. The molecular weight excluding hydrogens is 241 g/mol. The van der Waals surface area contributed by atoms with E-state index in [1.165, 1.54) is 6.07 Å². The monoisotopic (exact) mass is 259 g/mol. The van der Waals surface area contributed by atoms with Gasteiger partial charge in [0.05, 0.1) is 30.1 Å². The summed E-state index contributed by atoms with van der Waals surface area (Å²) in [6.07, 6.45) is 2.80. The molecule has 2 rings (SSSR count). The molecule has 19 heavy (non-hydrogen) atoms. The van der Waals surface area contributed by atoms with Crippen molar-refractivity contribution in [2.45, 2.75) is 32.4 Å². The van der Waals surface area contributed by atoms with E-state index in [0.717, 1.165) is 6.42 Å². The van der Waals surface area contributed by atoms with Crippen LogP contribution in [0.15, 0.2) is 23.2 Å². The Kier molecular flexibility index (Phi) is 3.84. The van der Waals surface area contributed by atoms with Gasteiger partial charge in [-0.3, -0.25) is 4.99 Å². The normalized spacial score (nSPS) is 23.4. The number of nitriles is 1. The first-order valence-corrected chi connectivity index (χ1v) is 6.53. The van der Waals surface area contributed by atoms with Gasteiger partial charge in [-0.25, -0.2) is 4.39 Å². The molecule has 0 aromatic heterocycles. The number of benzene rings is 1. The molecule has 1 aliphatic heterocycles. The van der Waals surface area contributed by atoms with Gasteiger partial charge in [0.2, 0.25) is 0 Å². The summed E-state index contributed by atoms with van der Waals surface area (Å²) in [5.41, 5.74) is 0.918. The molecule has 4 heteroatoms. The summed E-state index contributed by atoms with van der Waals surface area (Å²) in [7, 11) is 1.97. The summed E-state index contributed by atoms with van der Waals surface area (Å²) in [5.74, 6) is 0.0809. The number of hydrogen-bond donors (Lipinski definition) is 0. The number of likely N-dealkylation sites (N-methyl/N-ethyl adjacent to an activating group) is 1. The average molecular weight is 259 g/mol. The van der Waals surface area contributed by atoms with Crippen LogP contribution >= 0.6 is 0 Å². The van der Waals surface area contributed by atoms with Crippen molar-refractivity contribution in [1.29, 1.82) is 5.26 Å². The zero-order valence-electron chi connectivity index (χ0n) is 11.5. The maximum absolute atomic E-state index is 14.1. The standard InChI is InChI=1S/C15H18FN3/c1-4-10(2)15-14(18-9-19(15)3)12-6-5-11(8-17)7-13(12)16/h5-7,9-10,14-15H,4H2,1-3H3. The molecule has 1 aromatic rings. The van der Waals surface area contributed by atoms with Gasteiger partial charge in [0, 0.05) is 12.6 Å². The molecule has 3 unspecified atom stereocenters. The van der Waals surface area contributed by atoms with Crippen LogP contribution in [0.3, 0.4) is 0 Å². The summed E-state index contributed by atoms with van der Waals surface area (Å²) in [4.78, 5) is 6.48. The van der Waals surface area contributed by atoms with Crippen LogP contribution in [0.5, 0.6) is 0 Å². The van der Waals surface area contributed by atoms with E-state index in [9.17, 15) is 4.39 Å². The highest BCUT2D eigenvalue weighted by Crippen LogP contribution is 2.35. The quantitative estimate of drug-likeness (QED) is 0.836. The van der Waals surface area contributed by atoms with Gasteiger partial charge in [0.1, 0.15) is 5.82 Å². The van der Waals surface area contributed by atoms with Crippen LogP contribution in [0.1, 0.15) is 37.4 Å². The van der Waals surface area contributed by atoms with Crippen molar-refractivity contribution in [2.75, 3.05) is 7.05 Å². The molecular formula is C15H18FN3. The molecule has 0 spiro atoms. The molecule has 0 N–H and O–H groups in total. The van der Waals surface area contributed by atoms with Crippen LogP contribution in [-0.2, 0) is 0 Å². The Labute approximate surface area is 113 Å². The fourth-order valence-electron chi connectivity index (χ4n) is 2.62. The predicted octanol–water partition coefficient (Wildman–Crippen LogP) is 3.13. The first-order valence-electron chi connectivity index (χ1n) is 6.53. The SMILES string of the molecule is CCC(C)C1C(c2ccc(C#N)cc2F)N=CN1C. The van der Waals surface area contributed by atoms with Crippen LogP contribution < -0.4 is 0 Å². The van der Waals surface area contributed by atoms with Crippen molar-refractivity contribution >= 4 is 6.34 Å². The maximum Gasteiger partial charge on any atom is 0.129 e. The van der Waals surface area contributed by atoms with Gasteiger partial charge in [-0.15, -0.1) is 0 Å². The van der Waals surface area contributed by atoms with Crippen LogP contribution in [0, 0.1) is 23.1 Å². The topological polar surface area (TPSA) is 39.4 Å². The van der Waals surface area contributed by atoms with Gasteiger partial charge in [-0.1, -0.05) is 26.3 Å². The van der Waals surface area contributed by atoms with E-state index in [1.807, 2.05) is 13.1 Å². The minimum atomic E-state index is -0.343. The Hall–Kier alpha value is -1.89. The lowest BCUT2D eigenvalue weighted by Crippen LogP contribution is -2.35. The minimum absolute atomic E-state index is 0.174. The van der Waals surface area contributed by atoms with Crippen molar-refractivity contribution in [2.24, 2.45) is 10.9 Å². The highest BCUT2D eigenvalue weighted by molar-refractivity contribution is 5.59. The highest BCUT2D eigenvalue weighted by Gasteiger charge is 2.34. The summed E-state index contributed by atoms with van der Waals surface area (Å²) >= 11 is 0. The fraction of sp³-hybridized carbons (Fsp3) is 0.467. The van der Waals surface area contributed by atoms with Crippen molar-refractivity contribution in [3.8, 4) is 6.07 Å². The van der Waals surface area contributed by atoms with Gasteiger partial charge >= 0.3 is 0 Å². The Balaban J connectivity index is 2.35. The van der Waals surface area contributed by atoms with Crippen molar-refractivity contribution in [3.63, 3.8) is 0 Å². The van der Waals surface area contributed by atoms with Gasteiger partial charge in [-0.05, 0) is 18.1 Å². The van der Waals surface area contributed by atoms with E-state index in [1.54, 1.807) is 18.5 Å². The van der Waals surface area contributed by atoms with Gasteiger partial charge in [0.15, 0.2) is 0 Å². The molecule has 100 valence electrons. The summed E-state index contributed by atoms with van der Waals surface area (Å²) in [6.45, 7) is 4.29. The number of rotatable bonds is 3. The third-order valence-electron chi connectivity index (χ3n) is 3.88. The molecule has 0 bridgehead atoms. The third-order valence-corrected chi connectivity index (χ3v) is 3.88. The average Bonchev–Trinajstić information content (AvgIpc) is 2.79. The second-order valence-electron chi connectivity index (χ2n) is 5.10. The third kappa shape index (κ3) is 2.46. The second-order valence-corrected chi connectivity index (χ2v) is 5.10. The van der Waals surface area contributed by atoms with E-state index in [4.69, 9.17) is 5.26 Å². The lowest BCUT2D eigenvalue weighted by atomic mass is 9.88. The Bertz CT molecular complexity index is 533. The summed E-state index contributed by atoms with van der Waals surface area (Å²) in [6, 6.07) is 6.56. The van der Waals surface area contributed by atoms with E-state index in [0.29, 0.717) is 17.0 Å². The molecule has 1 heterocycles. The molecule has 1 aromatic carbocycles. The molecule has 3 atom stereocenters. The molecule has 3 nitrogen and oxygen atoms in total. The molecule has 0 fully saturated rings. The van der Waals surface area contributed by atoms with Crippen molar-refractivity contribution in [1.82, 2.24) is 4.90 Å². The first-order chi connectivity index (χ1) is 9.08. The Morgan fingerprint density at radius 3 is 2.84 bits per heavy atom. The number of halogens is 1. The lowest BCUT2D eigenvalue weighted by Gasteiger charge is -2.30. The van der Waals surface area contributed by atoms with E-state index in [-0.39, 0.29) is 17.9 Å². The smallest absolute Gasteiger partial charge is 0.129 e. The van der Waals surface area contributed by atoms with E-state index >= 15 is 0 Å². The molecule has 0 saturated carbocycles. The molecule has 0 saturated heterocycles. The highest BCUT2D eigenvalue weighted by atomic mass is 19.1. The molecule has 0 amide bonds. The minimum Gasteiger partial charge on any atom is -0.360 e. The van der Waals surface area contributed by atoms with Crippen LogP contribution in [0.25, 0.3) is 0 Å². The fourth-order valence-corrected chi connectivity index (χ4v) is 2.62. The second kappa shape index (κ2) is 5.40. The molecule has 0 radical (unpaired) electrons. The molecule has 0 aliphatic carbocycles. The first kappa shape index (κ1) is 13.5. The van der Waals surface area contributed by atoms with Crippen LogP contribution in [0.2, 0.25) is 0 Å². The van der Waals surface area contributed by atoms with Crippen LogP contribution in [-0.4, -0.2) is 24.3 Å². The van der Waals surface area contributed by atoms with E-state index < -0.39 is 0 Å². The van der Waals surface area contributed by atoms with Gasteiger partial charge in [0.25, 0.3) is 0 Å². The van der Waals surface area contributed by atoms with Gasteiger partial charge < -0.3 is 4.90 Å². The zero-order valence-corrected chi connectivity index (χ0v) is 11.5. The number of aliphatic imine (C=N–C) groups is 1. The number of nitrogens with zero attached hydrogens (tertiary/aromatic N) is 3. The van der Waals surface area contributed by atoms with Gasteiger partial charge in [-0.2, -0.15) is 5.26 Å². The number of hydrogen-bond acceptors (Lipinski definition) is 3. The summed E-state index contributed by atoms with van der Waals surface area (Å²) in [5, 5.41) is 8.78. The van der Waals surface area contributed by atoms with Crippen molar-refractivity contribution in [3.05, 3.63) is 35.1 Å². The van der Waals surface area contributed by atoms with Crippen molar-refractivity contribution < 1.29 is 4.39 Å². The Morgan fingerprint density at radius 1 is 1.53 bits per heavy atom. The molecule has 1 aliphatic rings. The maximum atomic E-state index is 14.1. The predicted molar refractivity (Wildman–Crippen MR) is 73.4 cm³/mol.